The molecule has 2 heteroatoms. The van der Waals surface area contributed by atoms with Gasteiger partial charge in [-0.3, -0.25) is 0 Å². The highest BCUT2D eigenvalue weighted by molar-refractivity contribution is 4.98. The van der Waals surface area contributed by atoms with Gasteiger partial charge in [-0.25, -0.2) is 0 Å². The second kappa shape index (κ2) is 4.40. The fourth-order valence-electron chi connectivity index (χ4n) is 2.13. The van der Waals surface area contributed by atoms with Crippen molar-refractivity contribution in [3.05, 3.63) is 24.2 Å². The average Bonchev–Trinajstić information content (AvgIpc) is 2.47. The van der Waals surface area contributed by atoms with Crippen molar-refractivity contribution in [3.8, 4) is 0 Å². The molecule has 86 valence electrons. The van der Waals surface area contributed by atoms with Crippen molar-refractivity contribution >= 4 is 0 Å². The van der Waals surface area contributed by atoms with Crippen molar-refractivity contribution in [1.29, 1.82) is 0 Å². The maximum atomic E-state index is 5.30. The van der Waals surface area contributed by atoms with Crippen LogP contribution in [0.25, 0.3) is 0 Å². The van der Waals surface area contributed by atoms with Gasteiger partial charge < -0.3 is 9.73 Å². The van der Waals surface area contributed by atoms with Crippen LogP contribution in [-0.2, 0) is 6.54 Å². The van der Waals surface area contributed by atoms with E-state index in [1.807, 2.05) is 12.1 Å². The third-order valence-corrected chi connectivity index (χ3v) is 2.29. The number of furan rings is 1. The van der Waals surface area contributed by atoms with Crippen molar-refractivity contribution in [3.63, 3.8) is 0 Å². The topological polar surface area (TPSA) is 25.2 Å². The quantitative estimate of drug-likeness (QED) is 0.820. The van der Waals surface area contributed by atoms with Gasteiger partial charge in [-0.2, -0.15) is 0 Å². The Morgan fingerprint density at radius 3 is 2.33 bits per heavy atom. The summed E-state index contributed by atoms with van der Waals surface area (Å²) < 4.78 is 5.30. The number of hydrogen-bond donors (Lipinski definition) is 1. The van der Waals surface area contributed by atoms with Crippen LogP contribution in [0.4, 0.5) is 0 Å². The van der Waals surface area contributed by atoms with Crippen LogP contribution < -0.4 is 5.32 Å². The molecule has 1 aromatic rings. The summed E-state index contributed by atoms with van der Waals surface area (Å²) in [4.78, 5) is 0. The van der Waals surface area contributed by atoms with Gasteiger partial charge in [0, 0.05) is 5.54 Å². The SMILES string of the molecule is CC(C)(C)CC(C)(C)NCc1ccco1. The monoisotopic (exact) mass is 209 g/mol. The fourth-order valence-corrected chi connectivity index (χ4v) is 2.13. The molecule has 1 N–H and O–H groups in total. The van der Waals surface area contributed by atoms with Gasteiger partial charge in [-0.15, -0.1) is 0 Å². The number of nitrogens with one attached hydrogen (secondary N) is 1. The molecule has 1 rings (SSSR count). The van der Waals surface area contributed by atoms with E-state index < -0.39 is 0 Å². The molecule has 1 heterocycles. The van der Waals surface area contributed by atoms with Crippen LogP contribution in [0.3, 0.4) is 0 Å². The molecule has 0 amide bonds. The van der Waals surface area contributed by atoms with Gasteiger partial charge in [0.15, 0.2) is 0 Å². The molecular weight excluding hydrogens is 186 g/mol. The zero-order valence-electron chi connectivity index (χ0n) is 10.6. The molecule has 0 aliphatic rings. The van der Waals surface area contributed by atoms with Crippen molar-refractivity contribution < 1.29 is 4.42 Å². The molecule has 15 heavy (non-hydrogen) atoms. The lowest BCUT2D eigenvalue weighted by Gasteiger charge is -2.33. The van der Waals surface area contributed by atoms with Crippen LogP contribution in [0.15, 0.2) is 22.8 Å². The molecule has 0 spiro atoms. The molecule has 0 saturated heterocycles. The summed E-state index contributed by atoms with van der Waals surface area (Å²) >= 11 is 0. The van der Waals surface area contributed by atoms with E-state index in [0.29, 0.717) is 5.41 Å². The van der Waals surface area contributed by atoms with E-state index in [1.54, 1.807) is 6.26 Å². The first kappa shape index (κ1) is 12.3. The summed E-state index contributed by atoms with van der Waals surface area (Å²) in [5.74, 6) is 0.997. The van der Waals surface area contributed by atoms with E-state index >= 15 is 0 Å². The van der Waals surface area contributed by atoms with Crippen LogP contribution in [-0.4, -0.2) is 5.54 Å². The zero-order chi connectivity index (χ0) is 11.5. The molecule has 0 aliphatic heterocycles. The van der Waals surface area contributed by atoms with Crippen LogP contribution in [0.5, 0.6) is 0 Å². The van der Waals surface area contributed by atoms with Crippen LogP contribution >= 0.6 is 0 Å². The summed E-state index contributed by atoms with van der Waals surface area (Å²) in [6, 6.07) is 3.92. The lowest BCUT2D eigenvalue weighted by Crippen LogP contribution is -2.41. The number of hydrogen-bond acceptors (Lipinski definition) is 2. The van der Waals surface area contributed by atoms with Crippen molar-refractivity contribution in [2.45, 2.75) is 53.1 Å². The summed E-state index contributed by atoms with van der Waals surface area (Å²) in [5, 5.41) is 3.52. The Labute approximate surface area is 93.1 Å². The molecule has 0 saturated carbocycles. The molecule has 0 aliphatic carbocycles. The Bertz CT molecular complexity index is 280. The third kappa shape index (κ3) is 5.03. The molecular formula is C13H23NO. The Morgan fingerprint density at radius 1 is 1.20 bits per heavy atom. The highest BCUT2D eigenvalue weighted by atomic mass is 16.3. The van der Waals surface area contributed by atoms with E-state index in [4.69, 9.17) is 4.42 Å². The second-order valence-corrected chi connectivity index (χ2v) is 6.05. The molecule has 1 aromatic heterocycles. The molecule has 2 nitrogen and oxygen atoms in total. The average molecular weight is 209 g/mol. The van der Waals surface area contributed by atoms with E-state index in [1.165, 1.54) is 0 Å². The minimum atomic E-state index is 0.144. The van der Waals surface area contributed by atoms with Crippen LogP contribution in [0.1, 0.15) is 46.8 Å². The zero-order valence-corrected chi connectivity index (χ0v) is 10.6. The first-order valence-electron chi connectivity index (χ1n) is 5.56. The van der Waals surface area contributed by atoms with Crippen LogP contribution in [0, 0.1) is 5.41 Å². The third-order valence-electron chi connectivity index (χ3n) is 2.29. The minimum Gasteiger partial charge on any atom is -0.468 e. The number of rotatable bonds is 4. The molecule has 0 aromatic carbocycles. The maximum absolute atomic E-state index is 5.30. The van der Waals surface area contributed by atoms with Gasteiger partial charge in [0.2, 0.25) is 0 Å². The Balaban J connectivity index is 2.43. The van der Waals surface area contributed by atoms with Gasteiger partial charge in [0.1, 0.15) is 5.76 Å². The van der Waals surface area contributed by atoms with E-state index in [2.05, 4.69) is 39.9 Å². The molecule has 0 bridgehead atoms. The van der Waals surface area contributed by atoms with Gasteiger partial charge in [0.05, 0.1) is 12.8 Å². The largest absolute Gasteiger partial charge is 0.468 e. The standard InChI is InChI=1S/C13H23NO/c1-12(2,3)10-13(4,5)14-9-11-7-6-8-15-11/h6-8,14H,9-10H2,1-5H3. The van der Waals surface area contributed by atoms with Gasteiger partial charge in [-0.05, 0) is 37.8 Å². The molecule has 0 unspecified atom stereocenters. The summed E-state index contributed by atoms with van der Waals surface area (Å²) in [6.45, 7) is 12.1. The lowest BCUT2D eigenvalue weighted by molar-refractivity contribution is 0.235. The van der Waals surface area contributed by atoms with Crippen molar-refractivity contribution in [2.75, 3.05) is 0 Å². The van der Waals surface area contributed by atoms with Gasteiger partial charge >= 0.3 is 0 Å². The summed E-state index contributed by atoms with van der Waals surface area (Å²) in [7, 11) is 0. The fraction of sp³-hybridized carbons (Fsp3) is 0.692. The lowest BCUT2D eigenvalue weighted by atomic mass is 9.82. The first-order chi connectivity index (χ1) is 6.79. The Hall–Kier alpha value is -0.760. The summed E-state index contributed by atoms with van der Waals surface area (Å²) in [6.07, 6.45) is 2.86. The van der Waals surface area contributed by atoms with E-state index in [9.17, 15) is 0 Å². The predicted molar refractivity (Wildman–Crippen MR) is 63.7 cm³/mol. The second-order valence-electron chi connectivity index (χ2n) is 6.05. The maximum Gasteiger partial charge on any atom is 0.117 e. The van der Waals surface area contributed by atoms with E-state index in [-0.39, 0.29) is 5.54 Å². The predicted octanol–water partition coefficient (Wildman–Crippen LogP) is 3.58. The van der Waals surface area contributed by atoms with Crippen LogP contribution in [0.2, 0.25) is 0 Å². The Kier molecular flexibility index (Phi) is 3.61. The highest BCUT2D eigenvalue weighted by Gasteiger charge is 2.24. The highest BCUT2D eigenvalue weighted by Crippen LogP contribution is 2.26. The van der Waals surface area contributed by atoms with Gasteiger partial charge in [-0.1, -0.05) is 20.8 Å². The first-order valence-corrected chi connectivity index (χ1v) is 5.56. The molecule has 0 fully saturated rings. The summed E-state index contributed by atoms with van der Waals surface area (Å²) in [5.41, 5.74) is 0.491. The molecule has 0 radical (unpaired) electrons. The van der Waals surface area contributed by atoms with Crippen molar-refractivity contribution in [1.82, 2.24) is 5.32 Å². The van der Waals surface area contributed by atoms with Gasteiger partial charge in [0.25, 0.3) is 0 Å². The smallest absolute Gasteiger partial charge is 0.117 e. The molecule has 0 atom stereocenters. The van der Waals surface area contributed by atoms with Crippen molar-refractivity contribution in [2.24, 2.45) is 5.41 Å². The van der Waals surface area contributed by atoms with E-state index in [0.717, 1.165) is 18.7 Å². The minimum absolute atomic E-state index is 0.144. The normalized spacial score (nSPS) is 13.1. The Morgan fingerprint density at radius 2 is 1.87 bits per heavy atom.